The highest BCUT2D eigenvalue weighted by Gasteiger charge is 2.60. The van der Waals surface area contributed by atoms with Gasteiger partial charge in [-0.1, -0.05) is 70.7 Å². The van der Waals surface area contributed by atoms with E-state index in [9.17, 15) is 4.79 Å². The quantitative estimate of drug-likeness (QED) is 0.652. The van der Waals surface area contributed by atoms with Crippen molar-refractivity contribution in [1.82, 2.24) is 0 Å². The molecule has 0 heterocycles. The minimum Gasteiger partial charge on any atom is -0.292 e. The van der Waals surface area contributed by atoms with Crippen molar-refractivity contribution in [3.05, 3.63) is 35.4 Å². The van der Waals surface area contributed by atoms with Gasteiger partial charge in [-0.05, 0) is 0 Å². The van der Waals surface area contributed by atoms with Crippen molar-refractivity contribution in [3.63, 3.8) is 0 Å². The molecule has 0 saturated carbocycles. The average Bonchev–Trinajstić information content (AvgIpc) is 2.25. The smallest absolute Gasteiger partial charge is 0.184 e. The molecule has 0 N–H and O–H groups in total. The topological polar surface area (TPSA) is 17.1 Å². The number of carbonyl (C=O) groups is 1. The molecule has 1 aliphatic carbocycles. The predicted octanol–water partition coefficient (Wildman–Crippen LogP) is 4.29. The molecule has 0 fully saturated rings. The highest BCUT2D eigenvalue weighted by molar-refractivity contribution is 6.67. The van der Waals surface area contributed by atoms with Crippen LogP contribution in [0.4, 0.5) is 0 Å². The minimum atomic E-state index is -1.76. The summed E-state index contributed by atoms with van der Waals surface area (Å²) in [6.07, 6.45) is 0. The maximum Gasteiger partial charge on any atom is 0.184 e. The number of alkyl halides is 5. The van der Waals surface area contributed by atoms with Crippen LogP contribution >= 0.6 is 58.0 Å². The summed E-state index contributed by atoms with van der Waals surface area (Å²) in [6, 6.07) is 6.59. The molecular formula is C10H5Cl5O. The largest absolute Gasteiger partial charge is 0.292 e. The second-order valence-corrected chi connectivity index (χ2v) is 6.62. The van der Waals surface area contributed by atoms with Crippen LogP contribution in [-0.4, -0.2) is 15.5 Å². The molecule has 1 atom stereocenters. The van der Waals surface area contributed by atoms with Crippen molar-refractivity contribution in [1.29, 1.82) is 0 Å². The maximum atomic E-state index is 11.9. The second kappa shape index (κ2) is 3.93. The first-order chi connectivity index (χ1) is 7.30. The zero-order valence-corrected chi connectivity index (χ0v) is 11.5. The first-order valence-corrected chi connectivity index (χ1v) is 6.28. The molecule has 1 nitrogen and oxygen atoms in total. The molecule has 16 heavy (non-hydrogen) atoms. The number of benzene rings is 1. The molecule has 6 heteroatoms. The van der Waals surface area contributed by atoms with E-state index in [1.165, 1.54) is 0 Å². The van der Waals surface area contributed by atoms with Gasteiger partial charge in [0.25, 0.3) is 0 Å². The highest BCUT2D eigenvalue weighted by atomic mass is 35.5. The molecule has 0 aliphatic heterocycles. The Morgan fingerprint density at radius 1 is 1.06 bits per heavy atom. The molecule has 1 aromatic rings. The third-order valence-electron chi connectivity index (χ3n) is 2.50. The van der Waals surface area contributed by atoms with Crippen LogP contribution in [-0.2, 0) is 4.33 Å². The summed E-state index contributed by atoms with van der Waals surface area (Å²) in [6.45, 7) is 0. The Hall–Kier alpha value is 0.340. The van der Waals surface area contributed by atoms with E-state index >= 15 is 0 Å². The van der Waals surface area contributed by atoms with E-state index < -0.39 is 14.0 Å². The van der Waals surface area contributed by atoms with E-state index in [2.05, 4.69) is 0 Å². The van der Waals surface area contributed by atoms with Gasteiger partial charge in [0.15, 0.2) is 14.4 Å². The van der Waals surface area contributed by atoms with Crippen molar-refractivity contribution in [3.8, 4) is 0 Å². The number of Topliss-reactive ketones (excluding diaryl/α,β-unsaturated/α-hetero) is 1. The molecule has 0 radical (unpaired) electrons. The van der Waals surface area contributed by atoms with Crippen LogP contribution < -0.4 is 0 Å². The van der Waals surface area contributed by atoms with Gasteiger partial charge >= 0.3 is 0 Å². The van der Waals surface area contributed by atoms with Gasteiger partial charge in [-0.3, -0.25) is 4.79 Å². The number of rotatable bonds is 0. The van der Waals surface area contributed by atoms with Crippen LogP contribution in [0.25, 0.3) is 0 Å². The number of halogens is 5. The predicted molar refractivity (Wildman–Crippen MR) is 68.2 cm³/mol. The van der Waals surface area contributed by atoms with E-state index in [0.717, 1.165) is 0 Å². The van der Waals surface area contributed by atoms with Gasteiger partial charge < -0.3 is 0 Å². The summed E-state index contributed by atoms with van der Waals surface area (Å²) < 4.78 is -3.38. The fourth-order valence-electron chi connectivity index (χ4n) is 1.61. The normalized spacial score (nSPS) is 26.3. The van der Waals surface area contributed by atoms with E-state index in [-0.39, 0.29) is 5.78 Å². The second-order valence-electron chi connectivity index (χ2n) is 3.47. The van der Waals surface area contributed by atoms with Gasteiger partial charge in [-0.2, -0.15) is 0 Å². The summed E-state index contributed by atoms with van der Waals surface area (Å²) in [7, 11) is 0. The third kappa shape index (κ3) is 1.57. The zero-order valence-electron chi connectivity index (χ0n) is 7.68. The van der Waals surface area contributed by atoms with Crippen molar-refractivity contribution < 1.29 is 4.79 Å². The molecule has 1 unspecified atom stereocenters. The zero-order chi connectivity index (χ0) is 12.1. The first kappa shape index (κ1) is 12.8. The Bertz CT molecular complexity index is 454. The third-order valence-corrected chi connectivity index (χ3v) is 5.64. The lowest BCUT2D eigenvalue weighted by atomic mass is 9.88. The monoisotopic (exact) mass is 316 g/mol. The van der Waals surface area contributed by atoms with Crippen molar-refractivity contribution in [2.45, 2.75) is 14.0 Å². The maximum absolute atomic E-state index is 11.9. The van der Waals surface area contributed by atoms with Crippen molar-refractivity contribution in [2.24, 2.45) is 0 Å². The van der Waals surface area contributed by atoms with E-state index in [4.69, 9.17) is 58.0 Å². The Morgan fingerprint density at radius 2 is 1.62 bits per heavy atom. The standard InChI is InChI=1S/C10H5Cl5O/c11-8-7(16)5-3-1-2-4-6(5)9(12,13)10(8,14)15/h1-4,8H. The number of hydrogen-bond acceptors (Lipinski definition) is 1. The molecule has 1 aliphatic rings. The summed E-state index contributed by atoms with van der Waals surface area (Å²) in [4.78, 5) is 11.9. The van der Waals surface area contributed by atoms with Crippen LogP contribution in [0.5, 0.6) is 0 Å². The average molecular weight is 318 g/mol. The number of fused-ring (bicyclic) bond motifs is 1. The lowest BCUT2D eigenvalue weighted by Crippen LogP contribution is -2.50. The molecule has 0 bridgehead atoms. The summed E-state index contributed by atoms with van der Waals surface area (Å²) in [5.41, 5.74) is 0.731. The van der Waals surface area contributed by atoms with Crippen LogP contribution in [0.3, 0.4) is 0 Å². The Labute approximate surface area is 118 Å². The summed E-state index contributed by atoms with van der Waals surface area (Å²) in [5.74, 6) is -0.376. The minimum absolute atomic E-state index is 0.351. The van der Waals surface area contributed by atoms with Crippen LogP contribution in [0.2, 0.25) is 0 Å². The summed E-state index contributed by atoms with van der Waals surface area (Å²) >= 11 is 30.1. The van der Waals surface area contributed by atoms with Gasteiger partial charge in [0.05, 0.1) is 0 Å². The number of ketones is 1. The fraction of sp³-hybridized carbons (Fsp3) is 0.300. The van der Waals surface area contributed by atoms with Gasteiger partial charge in [0, 0.05) is 11.1 Å². The lowest BCUT2D eigenvalue weighted by molar-refractivity contribution is 0.0970. The van der Waals surface area contributed by atoms with Gasteiger partial charge in [-0.25, -0.2) is 0 Å². The van der Waals surface area contributed by atoms with Crippen molar-refractivity contribution in [2.75, 3.05) is 0 Å². The van der Waals surface area contributed by atoms with Crippen LogP contribution in [0, 0.1) is 0 Å². The lowest BCUT2D eigenvalue weighted by Gasteiger charge is -2.40. The molecule has 0 amide bonds. The van der Waals surface area contributed by atoms with E-state index in [1.807, 2.05) is 0 Å². The molecule has 1 aromatic carbocycles. The Kier molecular flexibility index (Phi) is 3.14. The Balaban J connectivity index is 2.74. The highest BCUT2D eigenvalue weighted by Crippen LogP contribution is 2.57. The number of hydrogen-bond donors (Lipinski definition) is 0. The molecule has 2 rings (SSSR count). The van der Waals surface area contributed by atoms with E-state index in [1.54, 1.807) is 24.3 Å². The van der Waals surface area contributed by atoms with Crippen molar-refractivity contribution >= 4 is 63.8 Å². The fourth-order valence-corrected chi connectivity index (χ4v) is 2.95. The molecule has 0 saturated heterocycles. The van der Waals surface area contributed by atoms with Crippen LogP contribution in [0.15, 0.2) is 24.3 Å². The summed E-state index contributed by atoms with van der Waals surface area (Å²) in [5, 5.41) is -1.18. The first-order valence-electron chi connectivity index (χ1n) is 4.33. The van der Waals surface area contributed by atoms with Crippen LogP contribution in [0.1, 0.15) is 15.9 Å². The SMILES string of the molecule is O=C1c2ccccc2C(Cl)(Cl)C(Cl)(Cl)C1Cl. The molecule has 86 valence electrons. The van der Waals surface area contributed by atoms with Gasteiger partial charge in [0.1, 0.15) is 5.38 Å². The Morgan fingerprint density at radius 3 is 2.25 bits per heavy atom. The van der Waals surface area contributed by atoms with Gasteiger partial charge in [-0.15, -0.1) is 11.6 Å². The van der Waals surface area contributed by atoms with Gasteiger partial charge in [0.2, 0.25) is 0 Å². The van der Waals surface area contributed by atoms with E-state index in [0.29, 0.717) is 11.1 Å². The number of carbonyl (C=O) groups excluding carboxylic acids is 1. The molecule has 0 spiro atoms. The molecule has 0 aromatic heterocycles. The molecular weight excluding hydrogens is 313 g/mol.